The number of hydrogen-bond donors (Lipinski definition) is 1. The van der Waals surface area contributed by atoms with Gasteiger partial charge >= 0.3 is 5.97 Å². The highest BCUT2D eigenvalue weighted by Gasteiger charge is 2.07. The summed E-state index contributed by atoms with van der Waals surface area (Å²) in [5.74, 6) is -0.487. The number of benzene rings is 1. The number of aromatic nitrogens is 2. The van der Waals surface area contributed by atoms with Crippen molar-refractivity contribution in [2.75, 3.05) is 13.7 Å². The Morgan fingerprint density at radius 3 is 2.76 bits per heavy atom. The van der Waals surface area contributed by atoms with E-state index in [4.69, 9.17) is 0 Å². The minimum Gasteiger partial charge on any atom is -0.469 e. The van der Waals surface area contributed by atoms with E-state index in [0.29, 0.717) is 0 Å². The molecule has 0 atom stereocenters. The lowest BCUT2D eigenvalue weighted by atomic mass is 10.2. The van der Waals surface area contributed by atoms with Gasteiger partial charge in [0.1, 0.15) is 0 Å². The Balaban J connectivity index is 1.85. The third-order valence-electron chi connectivity index (χ3n) is 2.90. The molecular formula is C15H17N3O3. The van der Waals surface area contributed by atoms with Crippen molar-refractivity contribution in [2.24, 2.45) is 0 Å². The van der Waals surface area contributed by atoms with Gasteiger partial charge < -0.3 is 10.1 Å². The molecule has 0 saturated carbocycles. The average molecular weight is 287 g/mol. The van der Waals surface area contributed by atoms with E-state index in [1.165, 1.54) is 7.11 Å². The number of carbonyl (C=O) groups is 2. The lowest BCUT2D eigenvalue weighted by Crippen LogP contribution is -2.27. The minimum absolute atomic E-state index is 0.147. The Morgan fingerprint density at radius 2 is 2.05 bits per heavy atom. The molecule has 1 aromatic carbocycles. The zero-order valence-electron chi connectivity index (χ0n) is 11.8. The molecule has 0 aliphatic carbocycles. The predicted octanol–water partition coefficient (Wildman–Crippen LogP) is 1.09. The number of esters is 1. The predicted molar refractivity (Wildman–Crippen MR) is 76.9 cm³/mol. The fraction of sp³-hybridized carbons (Fsp3) is 0.267. The summed E-state index contributed by atoms with van der Waals surface area (Å²) in [6.45, 7) is 0.276. The number of ether oxygens (including phenoxy) is 1. The van der Waals surface area contributed by atoms with Crippen LogP contribution < -0.4 is 5.32 Å². The summed E-state index contributed by atoms with van der Waals surface area (Å²) < 4.78 is 6.22. The fourth-order valence-corrected chi connectivity index (χ4v) is 1.83. The highest BCUT2D eigenvalue weighted by molar-refractivity contribution is 5.79. The highest BCUT2D eigenvalue weighted by Crippen LogP contribution is 2.07. The molecule has 0 bridgehead atoms. The number of carbonyl (C=O) groups excluding carboxylic acids is 2. The Kier molecular flexibility index (Phi) is 5.09. The summed E-state index contributed by atoms with van der Waals surface area (Å²) >= 11 is 0. The lowest BCUT2D eigenvalue weighted by Gasteiger charge is -2.03. The molecule has 0 spiro atoms. The van der Waals surface area contributed by atoms with Crippen molar-refractivity contribution < 1.29 is 14.3 Å². The SMILES string of the molecule is COC(=O)CCNC(=O)Cc1cnn(-c2ccccc2)c1. The van der Waals surface area contributed by atoms with Crippen molar-refractivity contribution in [3.63, 3.8) is 0 Å². The van der Waals surface area contributed by atoms with Crippen molar-refractivity contribution in [2.45, 2.75) is 12.8 Å². The minimum atomic E-state index is -0.341. The standard InChI is InChI=1S/C15H17N3O3/c1-21-15(20)7-8-16-14(19)9-12-10-17-18(11-12)13-5-3-2-4-6-13/h2-6,10-11H,7-9H2,1H3,(H,16,19). The molecule has 1 aromatic heterocycles. The number of amides is 1. The van der Waals surface area contributed by atoms with Crippen molar-refractivity contribution in [1.29, 1.82) is 0 Å². The van der Waals surface area contributed by atoms with Gasteiger partial charge in [-0.3, -0.25) is 9.59 Å². The third-order valence-corrected chi connectivity index (χ3v) is 2.90. The van der Waals surface area contributed by atoms with E-state index < -0.39 is 0 Å². The van der Waals surface area contributed by atoms with Crippen LogP contribution in [0.2, 0.25) is 0 Å². The summed E-state index contributed by atoms with van der Waals surface area (Å²) in [6.07, 6.45) is 3.88. The Hall–Kier alpha value is -2.63. The highest BCUT2D eigenvalue weighted by atomic mass is 16.5. The summed E-state index contributed by atoms with van der Waals surface area (Å²) in [5, 5.41) is 6.89. The van der Waals surface area contributed by atoms with Gasteiger partial charge in [0.15, 0.2) is 0 Å². The second-order valence-corrected chi connectivity index (χ2v) is 4.48. The molecule has 0 aliphatic heterocycles. The first-order valence-corrected chi connectivity index (χ1v) is 6.61. The quantitative estimate of drug-likeness (QED) is 0.807. The van der Waals surface area contributed by atoms with Gasteiger partial charge in [0.2, 0.25) is 5.91 Å². The van der Waals surface area contributed by atoms with Gasteiger partial charge in [-0.25, -0.2) is 4.68 Å². The second kappa shape index (κ2) is 7.23. The van der Waals surface area contributed by atoms with E-state index in [0.717, 1.165) is 11.3 Å². The van der Waals surface area contributed by atoms with Gasteiger partial charge in [-0.05, 0) is 17.7 Å². The van der Waals surface area contributed by atoms with Crippen molar-refractivity contribution in [3.05, 3.63) is 48.3 Å². The number of methoxy groups -OCH3 is 1. The van der Waals surface area contributed by atoms with Crippen LogP contribution in [0, 0.1) is 0 Å². The Labute approximate surface area is 122 Å². The summed E-state index contributed by atoms with van der Waals surface area (Å²) in [4.78, 5) is 22.7. The maximum absolute atomic E-state index is 11.7. The van der Waals surface area contributed by atoms with Crippen molar-refractivity contribution in [1.82, 2.24) is 15.1 Å². The number of nitrogens with zero attached hydrogens (tertiary/aromatic N) is 2. The van der Waals surface area contributed by atoms with Gasteiger partial charge in [-0.15, -0.1) is 0 Å². The van der Waals surface area contributed by atoms with Gasteiger partial charge in [0.25, 0.3) is 0 Å². The summed E-state index contributed by atoms with van der Waals surface area (Å²) in [6, 6.07) is 9.66. The molecule has 0 radical (unpaired) electrons. The Morgan fingerprint density at radius 1 is 1.29 bits per heavy atom. The fourth-order valence-electron chi connectivity index (χ4n) is 1.83. The van der Waals surface area contributed by atoms with E-state index in [2.05, 4.69) is 15.2 Å². The maximum Gasteiger partial charge on any atom is 0.307 e. The van der Waals surface area contributed by atoms with Crippen LogP contribution in [0.4, 0.5) is 0 Å². The van der Waals surface area contributed by atoms with Crippen LogP contribution in [-0.4, -0.2) is 35.3 Å². The van der Waals surface area contributed by atoms with Gasteiger partial charge in [-0.2, -0.15) is 5.10 Å². The third kappa shape index (κ3) is 4.45. The van der Waals surface area contributed by atoms with Crippen molar-refractivity contribution >= 4 is 11.9 Å². The second-order valence-electron chi connectivity index (χ2n) is 4.48. The van der Waals surface area contributed by atoms with Gasteiger partial charge in [0.05, 0.1) is 31.8 Å². The molecule has 0 aliphatic rings. The smallest absolute Gasteiger partial charge is 0.307 e. The van der Waals surface area contributed by atoms with Crippen LogP contribution in [0.5, 0.6) is 0 Å². The van der Waals surface area contributed by atoms with E-state index in [1.807, 2.05) is 36.5 Å². The molecule has 21 heavy (non-hydrogen) atoms. The molecule has 1 N–H and O–H groups in total. The Bertz CT molecular complexity index is 608. The lowest BCUT2D eigenvalue weighted by molar-refractivity contribution is -0.140. The van der Waals surface area contributed by atoms with Crippen LogP contribution >= 0.6 is 0 Å². The maximum atomic E-state index is 11.7. The molecule has 6 nitrogen and oxygen atoms in total. The topological polar surface area (TPSA) is 73.2 Å². The number of rotatable bonds is 6. The molecular weight excluding hydrogens is 270 g/mol. The van der Waals surface area contributed by atoms with Crippen LogP contribution in [0.15, 0.2) is 42.7 Å². The average Bonchev–Trinajstić information content (AvgIpc) is 2.96. The van der Waals surface area contributed by atoms with E-state index >= 15 is 0 Å². The van der Waals surface area contributed by atoms with Crippen molar-refractivity contribution in [3.8, 4) is 5.69 Å². The molecule has 1 amide bonds. The molecule has 0 unspecified atom stereocenters. The largest absolute Gasteiger partial charge is 0.469 e. The van der Waals surface area contributed by atoms with Crippen LogP contribution in [0.25, 0.3) is 5.69 Å². The number of nitrogens with one attached hydrogen (secondary N) is 1. The first kappa shape index (κ1) is 14.8. The molecule has 6 heteroatoms. The summed E-state index contributed by atoms with van der Waals surface area (Å²) in [5.41, 5.74) is 1.75. The molecule has 2 aromatic rings. The first-order chi connectivity index (χ1) is 10.2. The van der Waals surface area contributed by atoms with E-state index in [9.17, 15) is 9.59 Å². The zero-order chi connectivity index (χ0) is 15.1. The van der Waals surface area contributed by atoms with Crippen LogP contribution in [-0.2, 0) is 20.7 Å². The zero-order valence-corrected chi connectivity index (χ0v) is 11.8. The number of para-hydroxylation sites is 1. The van der Waals surface area contributed by atoms with Gasteiger partial charge in [0, 0.05) is 12.7 Å². The van der Waals surface area contributed by atoms with E-state index in [1.54, 1.807) is 10.9 Å². The van der Waals surface area contributed by atoms with Gasteiger partial charge in [-0.1, -0.05) is 18.2 Å². The molecule has 0 saturated heterocycles. The summed E-state index contributed by atoms with van der Waals surface area (Å²) in [7, 11) is 1.32. The van der Waals surface area contributed by atoms with Crippen LogP contribution in [0.1, 0.15) is 12.0 Å². The first-order valence-electron chi connectivity index (χ1n) is 6.61. The molecule has 2 rings (SSSR count). The van der Waals surface area contributed by atoms with Crippen LogP contribution in [0.3, 0.4) is 0 Å². The molecule has 0 fully saturated rings. The molecule has 1 heterocycles. The molecule has 110 valence electrons. The normalized spacial score (nSPS) is 10.1. The monoisotopic (exact) mass is 287 g/mol. The van der Waals surface area contributed by atoms with E-state index in [-0.39, 0.29) is 31.3 Å². The number of hydrogen-bond acceptors (Lipinski definition) is 4.